The molecule has 1 aromatic rings. The number of rotatable bonds is 5. The van der Waals surface area contributed by atoms with Crippen LogP contribution in [0.2, 0.25) is 0 Å². The van der Waals surface area contributed by atoms with Crippen LogP contribution in [0.25, 0.3) is 0 Å². The van der Waals surface area contributed by atoms with E-state index in [9.17, 15) is 14.0 Å². The summed E-state index contributed by atoms with van der Waals surface area (Å²) in [4.78, 5) is 31.4. The number of pyridine rings is 1. The molecule has 1 rings (SSSR count). The Hall–Kier alpha value is -0.550. The fourth-order valence-corrected chi connectivity index (χ4v) is 4.14. The minimum absolute atomic E-state index is 0.312. The van der Waals surface area contributed by atoms with Gasteiger partial charge in [-0.25, -0.2) is 0 Å². The van der Waals surface area contributed by atoms with E-state index in [0.29, 0.717) is 5.69 Å². The maximum absolute atomic E-state index is 11.5. The van der Waals surface area contributed by atoms with E-state index in [0.717, 1.165) is 7.11 Å². The molecule has 96 valence electrons. The third kappa shape index (κ3) is 4.00. The lowest BCUT2D eigenvalue weighted by atomic mass is 10.3. The summed E-state index contributed by atoms with van der Waals surface area (Å²) in [6.07, 6.45) is 1.11. The lowest BCUT2D eigenvalue weighted by Gasteiger charge is -2.21. The molecule has 1 aromatic heterocycles. The number of nitrogens with zero attached hydrogens (tertiary/aromatic N) is 1. The van der Waals surface area contributed by atoms with E-state index in [1.807, 2.05) is 0 Å². The maximum atomic E-state index is 11.5. The SMILES string of the molecule is COP(=O)(O)C(Cc1ccccn1)P(=O)(O)O. The van der Waals surface area contributed by atoms with E-state index in [4.69, 9.17) is 9.79 Å². The van der Waals surface area contributed by atoms with Crippen LogP contribution in [0, 0.1) is 0 Å². The van der Waals surface area contributed by atoms with Gasteiger partial charge in [-0.1, -0.05) is 6.07 Å². The summed E-state index contributed by atoms with van der Waals surface area (Å²) in [6.45, 7) is 0. The molecule has 0 radical (unpaired) electrons. The lowest BCUT2D eigenvalue weighted by Crippen LogP contribution is -2.14. The van der Waals surface area contributed by atoms with Crippen LogP contribution < -0.4 is 0 Å². The minimum Gasteiger partial charge on any atom is -0.324 e. The van der Waals surface area contributed by atoms with E-state index in [2.05, 4.69) is 9.51 Å². The molecule has 0 saturated carbocycles. The van der Waals surface area contributed by atoms with Crippen LogP contribution in [0.1, 0.15) is 5.69 Å². The van der Waals surface area contributed by atoms with Gasteiger partial charge >= 0.3 is 15.2 Å². The Balaban J connectivity index is 3.03. The summed E-state index contributed by atoms with van der Waals surface area (Å²) in [7, 11) is -8.20. The quantitative estimate of drug-likeness (QED) is 0.688. The largest absolute Gasteiger partial charge is 0.343 e. The maximum Gasteiger partial charge on any atom is 0.343 e. The smallest absolute Gasteiger partial charge is 0.324 e. The first-order chi connectivity index (χ1) is 7.77. The second kappa shape index (κ2) is 5.40. The third-order valence-electron chi connectivity index (χ3n) is 2.14. The molecule has 2 unspecified atom stereocenters. The molecule has 0 aromatic carbocycles. The molecular weight excluding hydrogens is 268 g/mol. The first-order valence-corrected chi connectivity index (χ1v) is 7.93. The van der Waals surface area contributed by atoms with Crippen molar-refractivity contribution in [3.8, 4) is 0 Å². The zero-order valence-electron chi connectivity index (χ0n) is 9.00. The third-order valence-corrected chi connectivity index (χ3v) is 6.34. The van der Waals surface area contributed by atoms with Crippen molar-refractivity contribution in [3.63, 3.8) is 0 Å². The second-order valence-electron chi connectivity index (χ2n) is 3.34. The molecule has 0 aliphatic rings. The Bertz CT molecular complexity index is 458. The first kappa shape index (κ1) is 14.5. The molecule has 1 heterocycles. The molecular formula is C8H13NO6P2. The number of hydrogen-bond donors (Lipinski definition) is 3. The number of hydrogen-bond acceptors (Lipinski definition) is 4. The van der Waals surface area contributed by atoms with Gasteiger partial charge in [-0.05, 0) is 12.1 Å². The molecule has 0 fully saturated rings. The predicted molar refractivity (Wildman–Crippen MR) is 60.6 cm³/mol. The molecule has 2 atom stereocenters. The highest BCUT2D eigenvalue weighted by Gasteiger charge is 2.44. The molecule has 0 spiro atoms. The molecule has 0 saturated heterocycles. The van der Waals surface area contributed by atoms with Crippen LogP contribution in [-0.2, 0) is 20.1 Å². The zero-order valence-corrected chi connectivity index (χ0v) is 10.8. The Morgan fingerprint density at radius 3 is 2.41 bits per heavy atom. The summed E-state index contributed by atoms with van der Waals surface area (Å²) in [6, 6.07) is 4.76. The monoisotopic (exact) mass is 281 g/mol. The molecule has 9 heteroatoms. The normalized spacial score (nSPS) is 17.4. The van der Waals surface area contributed by atoms with Crippen LogP contribution >= 0.6 is 15.2 Å². The van der Waals surface area contributed by atoms with Crippen LogP contribution in [0.15, 0.2) is 24.4 Å². The molecule has 0 amide bonds. The highest BCUT2D eigenvalue weighted by molar-refractivity contribution is 7.71. The van der Waals surface area contributed by atoms with Gasteiger partial charge in [0.2, 0.25) is 0 Å². The fourth-order valence-electron chi connectivity index (χ4n) is 1.25. The van der Waals surface area contributed by atoms with Crippen LogP contribution in [0.4, 0.5) is 0 Å². The Labute approximate surface area is 98.2 Å². The summed E-state index contributed by atoms with van der Waals surface area (Å²) >= 11 is 0. The Morgan fingerprint density at radius 2 is 2.00 bits per heavy atom. The van der Waals surface area contributed by atoms with Crippen molar-refractivity contribution in [2.24, 2.45) is 0 Å². The molecule has 17 heavy (non-hydrogen) atoms. The van der Waals surface area contributed by atoms with Crippen LogP contribution in [-0.4, -0.2) is 32.2 Å². The van der Waals surface area contributed by atoms with Gasteiger partial charge in [-0.3, -0.25) is 14.1 Å². The minimum atomic E-state index is -4.76. The van der Waals surface area contributed by atoms with Crippen LogP contribution in [0.5, 0.6) is 0 Å². The van der Waals surface area contributed by atoms with Gasteiger partial charge in [-0.15, -0.1) is 0 Å². The summed E-state index contributed by atoms with van der Waals surface area (Å²) in [5.41, 5.74) is 0.312. The highest BCUT2D eigenvalue weighted by Crippen LogP contribution is 2.63. The molecule has 0 aliphatic carbocycles. The Kier molecular flexibility index (Phi) is 4.61. The van der Waals surface area contributed by atoms with Gasteiger partial charge in [0.15, 0.2) is 5.40 Å². The fraction of sp³-hybridized carbons (Fsp3) is 0.375. The van der Waals surface area contributed by atoms with Crippen molar-refractivity contribution >= 4 is 15.2 Å². The Morgan fingerprint density at radius 1 is 1.35 bits per heavy atom. The van der Waals surface area contributed by atoms with E-state index in [1.54, 1.807) is 12.1 Å². The van der Waals surface area contributed by atoms with Gasteiger partial charge in [0.05, 0.1) is 0 Å². The first-order valence-electron chi connectivity index (χ1n) is 4.60. The van der Waals surface area contributed by atoms with Gasteiger partial charge in [0.25, 0.3) is 0 Å². The topological polar surface area (TPSA) is 117 Å². The van der Waals surface area contributed by atoms with E-state index in [-0.39, 0.29) is 6.42 Å². The van der Waals surface area contributed by atoms with Crippen molar-refractivity contribution in [2.75, 3.05) is 7.11 Å². The molecule has 0 bridgehead atoms. The van der Waals surface area contributed by atoms with E-state index < -0.39 is 20.6 Å². The zero-order chi connectivity index (χ0) is 13.1. The average molecular weight is 281 g/mol. The van der Waals surface area contributed by atoms with Gasteiger partial charge in [0, 0.05) is 25.4 Å². The summed E-state index contributed by atoms with van der Waals surface area (Å²) in [5, 5.41) is -1.80. The average Bonchev–Trinajstić information content (AvgIpc) is 2.25. The van der Waals surface area contributed by atoms with Crippen molar-refractivity contribution in [2.45, 2.75) is 11.8 Å². The standard InChI is InChI=1S/C8H13NO6P2/c1-15-17(13,14)8(16(10,11)12)6-7-4-2-3-5-9-7/h2-5,8H,6H2,1H3,(H,13,14)(H2,10,11,12). The lowest BCUT2D eigenvalue weighted by molar-refractivity contribution is 0.300. The van der Waals surface area contributed by atoms with Crippen molar-refractivity contribution in [1.82, 2.24) is 4.98 Å². The van der Waals surface area contributed by atoms with Crippen molar-refractivity contribution < 1.29 is 28.3 Å². The summed E-state index contributed by atoms with van der Waals surface area (Å²) < 4.78 is 27.0. The summed E-state index contributed by atoms with van der Waals surface area (Å²) in [5.74, 6) is 0. The van der Waals surface area contributed by atoms with E-state index in [1.165, 1.54) is 12.3 Å². The second-order valence-corrected chi connectivity index (χ2v) is 7.67. The number of aromatic nitrogens is 1. The van der Waals surface area contributed by atoms with E-state index >= 15 is 0 Å². The van der Waals surface area contributed by atoms with Crippen molar-refractivity contribution in [1.29, 1.82) is 0 Å². The van der Waals surface area contributed by atoms with Gasteiger partial charge in [-0.2, -0.15) is 0 Å². The molecule has 0 aliphatic heterocycles. The predicted octanol–water partition coefficient (Wildman–Crippen LogP) is 0.960. The molecule has 3 N–H and O–H groups in total. The van der Waals surface area contributed by atoms with Gasteiger partial charge in [0.1, 0.15) is 0 Å². The molecule has 7 nitrogen and oxygen atoms in total. The van der Waals surface area contributed by atoms with Crippen LogP contribution in [0.3, 0.4) is 0 Å². The van der Waals surface area contributed by atoms with Gasteiger partial charge < -0.3 is 19.2 Å². The highest BCUT2D eigenvalue weighted by atomic mass is 31.2. The van der Waals surface area contributed by atoms with Crippen molar-refractivity contribution in [3.05, 3.63) is 30.1 Å².